The maximum atomic E-state index is 5.78. The van der Waals surface area contributed by atoms with Gasteiger partial charge < -0.3 is 10.1 Å². The fraction of sp³-hybridized carbons (Fsp3) is 0.375. The predicted octanol–water partition coefficient (Wildman–Crippen LogP) is 3.39. The lowest BCUT2D eigenvalue weighted by Crippen LogP contribution is -2.11. The van der Waals surface area contributed by atoms with Gasteiger partial charge in [0.25, 0.3) is 0 Å². The van der Waals surface area contributed by atoms with E-state index >= 15 is 0 Å². The highest BCUT2D eigenvalue weighted by molar-refractivity contribution is 5.33. The molecule has 0 atom stereocenters. The molecule has 1 N–H and O–H groups in total. The number of benzene rings is 1. The van der Waals surface area contributed by atoms with E-state index in [1.165, 1.54) is 5.56 Å². The first-order chi connectivity index (χ1) is 9.49. The Balaban J connectivity index is 2.03. The summed E-state index contributed by atoms with van der Waals surface area (Å²) >= 11 is 0. The van der Waals surface area contributed by atoms with Crippen LogP contribution in [0.1, 0.15) is 32.0 Å². The molecule has 0 fully saturated rings. The van der Waals surface area contributed by atoms with E-state index < -0.39 is 0 Å². The summed E-state index contributed by atoms with van der Waals surface area (Å²) in [6.07, 6.45) is 3.42. The van der Waals surface area contributed by atoms with Gasteiger partial charge in [-0.1, -0.05) is 32.9 Å². The largest absolute Gasteiger partial charge is 0.487 e. The summed E-state index contributed by atoms with van der Waals surface area (Å²) in [6, 6.07) is 8.18. The molecule has 0 aliphatic heterocycles. The highest BCUT2D eigenvalue weighted by Crippen LogP contribution is 2.25. The molecule has 0 saturated heterocycles. The van der Waals surface area contributed by atoms with E-state index in [1.807, 2.05) is 19.2 Å². The van der Waals surface area contributed by atoms with Crippen LogP contribution >= 0.6 is 0 Å². The summed E-state index contributed by atoms with van der Waals surface area (Å²) in [5, 5.41) is 2.94. The minimum atomic E-state index is 0.119. The molecule has 20 heavy (non-hydrogen) atoms. The molecule has 2 aromatic rings. The molecule has 0 aliphatic rings. The summed E-state index contributed by atoms with van der Waals surface area (Å²) in [5.74, 6) is 1.61. The average molecular weight is 271 g/mol. The smallest absolute Gasteiger partial charge is 0.144 e. The van der Waals surface area contributed by atoms with E-state index in [1.54, 1.807) is 12.4 Å². The normalized spacial score (nSPS) is 11.2. The van der Waals surface area contributed by atoms with Gasteiger partial charge in [0.1, 0.15) is 18.2 Å². The van der Waals surface area contributed by atoms with Crippen molar-refractivity contribution in [2.45, 2.75) is 32.8 Å². The molecule has 1 aromatic carbocycles. The van der Waals surface area contributed by atoms with Gasteiger partial charge in [0.05, 0.1) is 18.1 Å². The fourth-order valence-electron chi connectivity index (χ4n) is 1.77. The van der Waals surface area contributed by atoms with Crippen LogP contribution in [0.2, 0.25) is 0 Å². The van der Waals surface area contributed by atoms with Gasteiger partial charge in [-0.2, -0.15) is 0 Å². The van der Waals surface area contributed by atoms with Crippen LogP contribution in [0.3, 0.4) is 0 Å². The van der Waals surface area contributed by atoms with Crippen molar-refractivity contribution in [2.24, 2.45) is 0 Å². The molecular weight excluding hydrogens is 250 g/mol. The third kappa shape index (κ3) is 3.70. The summed E-state index contributed by atoms with van der Waals surface area (Å²) < 4.78 is 5.78. The zero-order chi connectivity index (χ0) is 14.6. The second-order valence-electron chi connectivity index (χ2n) is 5.71. The van der Waals surface area contributed by atoms with Crippen molar-refractivity contribution >= 4 is 5.82 Å². The van der Waals surface area contributed by atoms with Crippen molar-refractivity contribution in [2.75, 3.05) is 12.4 Å². The van der Waals surface area contributed by atoms with E-state index in [4.69, 9.17) is 4.74 Å². The maximum absolute atomic E-state index is 5.78. The number of rotatable bonds is 4. The van der Waals surface area contributed by atoms with Crippen LogP contribution in [0.25, 0.3) is 0 Å². The number of ether oxygens (including phenoxy) is 1. The van der Waals surface area contributed by atoms with E-state index in [0.717, 1.165) is 17.3 Å². The van der Waals surface area contributed by atoms with Crippen LogP contribution in [-0.2, 0) is 12.0 Å². The van der Waals surface area contributed by atoms with Gasteiger partial charge in [-0.05, 0) is 23.1 Å². The Hall–Kier alpha value is -2.10. The van der Waals surface area contributed by atoms with Crippen LogP contribution in [0.4, 0.5) is 5.82 Å². The van der Waals surface area contributed by atoms with Crippen molar-refractivity contribution in [3.63, 3.8) is 0 Å². The van der Waals surface area contributed by atoms with Crippen molar-refractivity contribution in [1.29, 1.82) is 0 Å². The van der Waals surface area contributed by atoms with Gasteiger partial charge in [0.15, 0.2) is 0 Å². The Labute approximate surface area is 120 Å². The molecule has 4 nitrogen and oxygen atoms in total. The maximum Gasteiger partial charge on any atom is 0.144 e. The molecule has 0 amide bonds. The Kier molecular flexibility index (Phi) is 4.23. The Morgan fingerprint density at radius 1 is 1.15 bits per heavy atom. The lowest BCUT2D eigenvalue weighted by atomic mass is 9.87. The average Bonchev–Trinajstić information content (AvgIpc) is 2.45. The number of hydrogen-bond acceptors (Lipinski definition) is 4. The van der Waals surface area contributed by atoms with Crippen molar-refractivity contribution in [1.82, 2.24) is 9.97 Å². The summed E-state index contributed by atoms with van der Waals surface area (Å²) in [7, 11) is 1.82. The first-order valence-electron chi connectivity index (χ1n) is 6.71. The molecule has 2 rings (SSSR count). The minimum absolute atomic E-state index is 0.119. The number of nitrogens with one attached hydrogen (secondary N) is 1. The molecule has 106 valence electrons. The third-order valence-electron chi connectivity index (χ3n) is 3.05. The van der Waals surface area contributed by atoms with Crippen LogP contribution < -0.4 is 10.1 Å². The van der Waals surface area contributed by atoms with Gasteiger partial charge >= 0.3 is 0 Å². The Morgan fingerprint density at radius 3 is 2.55 bits per heavy atom. The van der Waals surface area contributed by atoms with Gasteiger partial charge in [-0.15, -0.1) is 0 Å². The van der Waals surface area contributed by atoms with Crippen LogP contribution in [0.5, 0.6) is 5.75 Å². The molecule has 0 aliphatic carbocycles. The topological polar surface area (TPSA) is 47.0 Å². The standard InChI is InChI=1S/C16H21N3O/c1-16(2,3)12-6-5-7-14(8-12)20-11-13-9-19-15(17-4)10-18-13/h5-10H,11H2,1-4H3,(H,17,19). The van der Waals surface area contributed by atoms with Gasteiger partial charge in [-0.3, -0.25) is 4.98 Å². The molecule has 0 unspecified atom stereocenters. The molecular formula is C16H21N3O. The van der Waals surface area contributed by atoms with Gasteiger partial charge in [0.2, 0.25) is 0 Å². The zero-order valence-electron chi connectivity index (χ0n) is 12.5. The van der Waals surface area contributed by atoms with Gasteiger partial charge in [0, 0.05) is 7.05 Å². The predicted molar refractivity (Wildman–Crippen MR) is 81.1 cm³/mol. The van der Waals surface area contributed by atoms with Crippen LogP contribution in [0.15, 0.2) is 36.7 Å². The number of nitrogens with zero attached hydrogens (tertiary/aromatic N) is 2. The molecule has 1 heterocycles. The second-order valence-corrected chi connectivity index (χ2v) is 5.71. The number of aromatic nitrogens is 2. The third-order valence-corrected chi connectivity index (χ3v) is 3.05. The number of hydrogen-bond donors (Lipinski definition) is 1. The monoisotopic (exact) mass is 271 g/mol. The summed E-state index contributed by atoms with van der Waals surface area (Å²) in [4.78, 5) is 8.50. The quantitative estimate of drug-likeness (QED) is 0.926. The molecule has 1 aromatic heterocycles. The molecule has 0 bridgehead atoms. The minimum Gasteiger partial charge on any atom is -0.487 e. The Bertz CT molecular complexity index is 559. The lowest BCUT2D eigenvalue weighted by molar-refractivity contribution is 0.300. The summed E-state index contributed by atoms with van der Waals surface area (Å²) in [6.45, 7) is 6.99. The lowest BCUT2D eigenvalue weighted by Gasteiger charge is -2.19. The second kappa shape index (κ2) is 5.90. The highest BCUT2D eigenvalue weighted by atomic mass is 16.5. The molecule has 0 radical (unpaired) electrons. The molecule has 4 heteroatoms. The van der Waals surface area contributed by atoms with Gasteiger partial charge in [-0.25, -0.2) is 4.98 Å². The van der Waals surface area contributed by atoms with Crippen molar-refractivity contribution < 1.29 is 4.74 Å². The first kappa shape index (κ1) is 14.3. The summed E-state index contributed by atoms with van der Waals surface area (Å²) in [5.41, 5.74) is 2.19. The molecule has 0 saturated carbocycles. The first-order valence-corrected chi connectivity index (χ1v) is 6.71. The Morgan fingerprint density at radius 2 is 1.95 bits per heavy atom. The van der Waals surface area contributed by atoms with E-state index in [9.17, 15) is 0 Å². The van der Waals surface area contributed by atoms with Crippen LogP contribution in [-0.4, -0.2) is 17.0 Å². The zero-order valence-corrected chi connectivity index (χ0v) is 12.5. The van der Waals surface area contributed by atoms with E-state index in [-0.39, 0.29) is 5.41 Å². The van der Waals surface area contributed by atoms with Crippen LogP contribution in [0, 0.1) is 0 Å². The molecule has 0 spiro atoms. The SMILES string of the molecule is CNc1cnc(COc2cccc(C(C)(C)C)c2)cn1. The highest BCUT2D eigenvalue weighted by Gasteiger charge is 2.13. The van der Waals surface area contributed by atoms with Crippen molar-refractivity contribution in [3.8, 4) is 5.75 Å². The van der Waals surface area contributed by atoms with Crippen molar-refractivity contribution in [3.05, 3.63) is 47.9 Å². The fourth-order valence-corrected chi connectivity index (χ4v) is 1.77. The van der Waals surface area contributed by atoms with E-state index in [2.05, 4.69) is 48.2 Å². The number of anilines is 1. The van der Waals surface area contributed by atoms with E-state index in [0.29, 0.717) is 6.61 Å².